The summed E-state index contributed by atoms with van der Waals surface area (Å²) in [5.74, 6) is 1.19. The maximum absolute atomic E-state index is 12.6. The van der Waals surface area contributed by atoms with E-state index in [1.54, 1.807) is 19.4 Å². The zero-order chi connectivity index (χ0) is 22.5. The molecule has 1 heterocycles. The molecular formula is C27H25NO4. The standard InChI is InChI=1S/C27H25NO4/c1-18(23-14-24-19(2)16-32-26(24)15-25(23)30-3)13-27(29)28-21-9-11-22(12-10-21)31-17-20-7-5-4-6-8-20/h4-16H,17H2,1-3H3,(H,28,29)/b18-13+. The third-order valence-electron chi connectivity index (χ3n) is 5.23. The van der Waals surface area contributed by atoms with Crippen LogP contribution in [0.1, 0.15) is 23.6 Å². The first-order valence-corrected chi connectivity index (χ1v) is 10.4. The van der Waals surface area contributed by atoms with Crippen LogP contribution in [0.5, 0.6) is 11.5 Å². The molecule has 0 radical (unpaired) electrons. The van der Waals surface area contributed by atoms with E-state index in [9.17, 15) is 4.79 Å². The van der Waals surface area contributed by atoms with Crippen LogP contribution in [0, 0.1) is 6.92 Å². The zero-order valence-electron chi connectivity index (χ0n) is 18.3. The number of rotatable bonds is 7. The van der Waals surface area contributed by atoms with Crippen molar-refractivity contribution in [3.8, 4) is 11.5 Å². The molecule has 1 amide bonds. The number of benzene rings is 3. The summed E-state index contributed by atoms with van der Waals surface area (Å²) in [7, 11) is 1.61. The molecular weight excluding hydrogens is 402 g/mol. The van der Waals surface area contributed by atoms with Crippen LogP contribution in [-0.2, 0) is 11.4 Å². The van der Waals surface area contributed by atoms with Gasteiger partial charge in [0.1, 0.15) is 23.7 Å². The van der Waals surface area contributed by atoms with Gasteiger partial charge in [-0.3, -0.25) is 4.79 Å². The number of aryl methyl sites for hydroxylation is 1. The smallest absolute Gasteiger partial charge is 0.248 e. The lowest BCUT2D eigenvalue weighted by molar-refractivity contribution is -0.111. The first-order chi connectivity index (χ1) is 15.5. The highest BCUT2D eigenvalue weighted by Gasteiger charge is 2.12. The second-order valence-electron chi connectivity index (χ2n) is 7.58. The Hall–Kier alpha value is -3.99. The highest BCUT2D eigenvalue weighted by Crippen LogP contribution is 2.33. The third kappa shape index (κ3) is 4.83. The molecule has 4 rings (SSSR count). The molecule has 3 aromatic carbocycles. The molecule has 0 aliphatic rings. The second-order valence-corrected chi connectivity index (χ2v) is 7.58. The number of amides is 1. The van der Waals surface area contributed by atoms with Crippen LogP contribution in [-0.4, -0.2) is 13.0 Å². The minimum atomic E-state index is -0.216. The van der Waals surface area contributed by atoms with Crippen LogP contribution in [0.15, 0.2) is 83.5 Å². The van der Waals surface area contributed by atoms with Gasteiger partial charge in [0.25, 0.3) is 0 Å². The number of hydrogen-bond donors (Lipinski definition) is 1. The minimum Gasteiger partial charge on any atom is -0.496 e. The van der Waals surface area contributed by atoms with Crippen molar-refractivity contribution in [3.05, 3.63) is 95.8 Å². The van der Waals surface area contributed by atoms with Crippen LogP contribution in [0.3, 0.4) is 0 Å². The average Bonchev–Trinajstić information content (AvgIpc) is 3.18. The summed E-state index contributed by atoms with van der Waals surface area (Å²) in [5, 5.41) is 3.89. The molecule has 0 atom stereocenters. The number of furan rings is 1. The van der Waals surface area contributed by atoms with Crippen molar-refractivity contribution in [2.24, 2.45) is 0 Å². The van der Waals surface area contributed by atoms with Crippen molar-refractivity contribution in [2.75, 3.05) is 12.4 Å². The molecule has 0 saturated carbocycles. The van der Waals surface area contributed by atoms with Gasteiger partial charge < -0.3 is 19.2 Å². The van der Waals surface area contributed by atoms with Crippen molar-refractivity contribution < 1.29 is 18.7 Å². The van der Waals surface area contributed by atoms with E-state index in [0.717, 1.165) is 39.0 Å². The topological polar surface area (TPSA) is 60.7 Å². The number of hydrogen-bond acceptors (Lipinski definition) is 4. The van der Waals surface area contributed by atoms with E-state index in [1.165, 1.54) is 0 Å². The van der Waals surface area contributed by atoms with Gasteiger partial charge in [0.2, 0.25) is 5.91 Å². The molecule has 32 heavy (non-hydrogen) atoms. The van der Waals surface area contributed by atoms with Crippen LogP contribution < -0.4 is 14.8 Å². The Labute approximate surface area is 187 Å². The lowest BCUT2D eigenvalue weighted by Gasteiger charge is -2.10. The fourth-order valence-electron chi connectivity index (χ4n) is 3.49. The maximum atomic E-state index is 12.6. The highest BCUT2D eigenvalue weighted by atomic mass is 16.5. The Bertz CT molecular complexity index is 1250. The summed E-state index contributed by atoms with van der Waals surface area (Å²) in [4.78, 5) is 12.6. The number of anilines is 1. The molecule has 1 aromatic heterocycles. The summed E-state index contributed by atoms with van der Waals surface area (Å²) in [5.41, 5.74) is 5.24. The van der Waals surface area contributed by atoms with Gasteiger partial charge >= 0.3 is 0 Å². The largest absolute Gasteiger partial charge is 0.496 e. The van der Waals surface area contributed by atoms with Gasteiger partial charge in [-0.15, -0.1) is 0 Å². The Morgan fingerprint density at radius 1 is 1.06 bits per heavy atom. The number of ether oxygens (including phenoxy) is 2. The van der Waals surface area contributed by atoms with Crippen LogP contribution in [0.25, 0.3) is 16.5 Å². The number of methoxy groups -OCH3 is 1. The molecule has 1 N–H and O–H groups in total. The first-order valence-electron chi connectivity index (χ1n) is 10.4. The molecule has 0 fully saturated rings. The molecule has 0 unspecified atom stereocenters. The lowest BCUT2D eigenvalue weighted by Crippen LogP contribution is -2.08. The fraction of sp³-hybridized carbons (Fsp3) is 0.148. The lowest BCUT2D eigenvalue weighted by atomic mass is 10.0. The summed E-state index contributed by atoms with van der Waals surface area (Å²) >= 11 is 0. The Morgan fingerprint density at radius 3 is 2.53 bits per heavy atom. The summed E-state index contributed by atoms with van der Waals surface area (Å²) in [6.07, 6.45) is 3.28. The molecule has 0 bridgehead atoms. The van der Waals surface area contributed by atoms with E-state index in [0.29, 0.717) is 18.0 Å². The predicted molar refractivity (Wildman–Crippen MR) is 127 cm³/mol. The number of nitrogens with one attached hydrogen (secondary N) is 1. The minimum absolute atomic E-state index is 0.216. The molecule has 0 saturated heterocycles. The monoisotopic (exact) mass is 427 g/mol. The molecule has 5 heteroatoms. The number of allylic oxidation sites excluding steroid dienone is 1. The van der Waals surface area contributed by atoms with Gasteiger partial charge in [-0.1, -0.05) is 30.3 Å². The van der Waals surface area contributed by atoms with Crippen molar-refractivity contribution in [1.82, 2.24) is 0 Å². The molecule has 0 aliphatic heterocycles. The van der Waals surface area contributed by atoms with Crippen molar-refractivity contribution in [1.29, 1.82) is 0 Å². The van der Waals surface area contributed by atoms with Gasteiger partial charge in [0, 0.05) is 28.8 Å². The van der Waals surface area contributed by atoms with E-state index in [-0.39, 0.29) is 5.91 Å². The molecule has 5 nitrogen and oxygen atoms in total. The number of carbonyl (C=O) groups excluding carboxylic acids is 1. The highest BCUT2D eigenvalue weighted by molar-refractivity contribution is 6.04. The Morgan fingerprint density at radius 2 is 1.81 bits per heavy atom. The van der Waals surface area contributed by atoms with Gasteiger partial charge in [0.15, 0.2) is 0 Å². The maximum Gasteiger partial charge on any atom is 0.248 e. The SMILES string of the molecule is COc1cc2occ(C)c2cc1/C(C)=C/C(=O)Nc1ccc(OCc2ccccc2)cc1. The summed E-state index contributed by atoms with van der Waals surface area (Å²) in [6, 6.07) is 21.1. The van der Waals surface area contributed by atoms with Crippen LogP contribution in [0.2, 0.25) is 0 Å². The van der Waals surface area contributed by atoms with E-state index >= 15 is 0 Å². The number of fused-ring (bicyclic) bond motifs is 1. The van der Waals surface area contributed by atoms with Crippen molar-refractivity contribution in [2.45, 2.75) is 20.5 Å². The van der Waals surface area contributed by atoms with Gasteiger partial charge in [-0.2, -0.15) is 0 Å². The van der Waals surface area contributed by atoms with Gasteiger partial charge in [-0.05, 0) is 60.9 Å². The summed E-state index contributed by atoms with van der Waals surface area (Å²) < 4.78 is 16.8. The van der Waals surface area contributed by atoms with Crippen LogP contribution >= 0.6 is 0 Å². The summed E-state index contributed by atoms with van der Waals surface area (Å²) in [6.45, 7) is 4.37. The molecule has 0 aliphatic carbocycles. The molecule has 0 spiro atoms. The zero-order valence-corrected chi connectivity index (χ0v) is 18.3. The van der Waals surface area contributed by atoms with Crippen molar-refractivity contribution >= 4 is 28.1 Å². The third-order valence-corrected chi connectivity index (χ3v) is 5.23. The van der Waals surface area contributed by atoms with Gasteiger partial charge in [-0.25, -0.2) is 0 Å². The van der Waals surface area contributed by atoms with E-state index in [1.807, 2.05) is 80.6 Å². The predicted octanol–water partition coefficient (Wildman–Crippen LogP) is 6.37. The van der Waals surface area contributed by atoms with E-state index in [2.05, 4.69) is 5.32 Å². The average molecular weight is 428 g/mol. The van der Waals surface area contributed by atoms with Crippen molar-refractivity contribution in [3.63, 3.8) is 0 Å². The van der Waals surface area contributed by atoms with Gasteiger partial charge in [0.05, 0.1) is 13.4 Å². The Balaban J connectivity index is 1.43. The molecule has 162 valence electrons. The normalized spacial score (nSPS) is 11.4. The molecule has 4 aromatic rings. The van der Waals surface area contributed by atoms with E-state index < -0.39 is 0 Å². The quantitative estimate of drug-likeness (QED) is 0.348. The second kappa shape index (κ2) is 9.43. The first kappa shape index (κ1) is 21.2. The van der Waals surface area contributed by atoms with E-state index in [4.69, 9.17) is 13.9 Å². The van der Waals surface area contributed by atoms with Crippen LogP contribution in [0.4, 0.5) is 5.69 Å². The Kier molecular flexibility index (Phi) is 6.26. The number of carbonyl (C=O) groups is 1. The fourth-order valence-corrected chi connectivity index (χ4v) is 3.49.